The van der Waals surface area contributed by atoms with Crippen molar-refractivity contribution in [3.8, 4) is 0 Å². The number of carbonyl (C=O) groups excluding carboxylic acids is 2. The number of methoxy groups -OCH3 is 1. The highest BCUT2D eigenvalue weighted by atomic mass is 16.5. The van der Waals surface area contributed by atoms with E-state index in [-0.39, 0.29) is 11.9 Å². The van der Waals surface area contributed by atoms with Gasteiger partial charge in [-0.2, -0.15) is 0 Å². The number of rotatable bonds is 4. The lowest BCUT2D eigenvalue weighted by atomic mass is 10.0. The van der Waals surface area contributed by atoms with E-state index in [0.717, 1.165) is 19.3 Å². The van der Waals surface area contributed by atoms with E-state index in [2.05, 4.69) is 35.2 Å². The summed E-state index contributed by atoms with van der Waals surface area (Å²) in [5, 5.41) is 2.79. The van der Waals surface area contributed by atoms with Crippen LogP contribution >= 0.6 is 0 Å². The first-order chi connectivity index (χ1) is 10.6. The average Bonchev–Trinajstić information content (AvgIpc) is 2.53. The summed E-state index contributed by atoms with van der Waals surface area (Å²) in [5.41, 5.74) is 2.43. The molecule has 1 saturated heterocycles. The number of piperidine rings is 1. The lowest BCUT2D eigenvalue weighted by Crippen LogP contribution is -2.46. The third-order valence-corrected chi connectivity index (χ3v) is 4.07. The molecule has 0 spiro atoms. The Labute approximate surface area is 131 Å². The van der Waals surface area contributed by atoms with Crippen molar-refractivity contribution < 1.29 is 14.3 Å². The molecule has 0 atom stereocenters. The summed E-state index contributed by atoms with van der Waals surface area (Å²) in [6.07, 6.45) is 2.49. The maximum Gasteiger partial charge on any atom is 0.407 e. The number of likely N-dealkylation sites (tertiary alicyclic amines) is 1. The quantitative estimate of drug-likeness (QED) is 0.928. The van der Waals surface area contributed by atoms with Gasteiger partial charge in [-0.15, -0.1) is 0 Å². The summed E-state index contributed by atoms with van der Waals surface area (Å²) in [6.45, 7) is 3.45. The van der Waals surface area contributed by atoms with Crippen LogP contribution in [0, 0.1) is 6.92 Å². The fourth-order valence-electron chi connectivity index (χ4n) is 2.78. The van der Waals surface area contributed by atoms with Crippen molar-refractivity contribution in [3.63, 3.8) is 0 Å². The van der Waals surface area contributed by atoms with Crippen molar-refractivity contribution >= 4 is 12.0 Å². The minimum absolute atomic E-state index is 0.105. The van der Waals surface area contributed by atoms with E-state index in [1.165, 1.54) is 18.2 Å². The molecule has 0 radical (unpaired) electrons. The summed E-state index contributed by atoms with van der Waals surface area (Å²) < 4.78 is 4.59. The highest BCUT2D eigenvalue weighted by molar-refractivity contribution is 5.76. The maximum atomic E-state index is 12.3. The third-order valence-electron chi connectivity index (χ3n) is 4.07. The molecule has 1 aromatic carbocycles. The molecule has 1 aromatic rings. The van der Waals surface area contributed by atoms with Gasteiger partial charge in [0.1, 0.15) is 0 Å². The molecule has 0 aromatic heterocycles. The number of amides is 2. The second-order valence-corrected chi connectivity index (χ2v) is 5.78. The number of hydrogen-bond donors (Lipinski definition) is 1. The van der Waals surface area contributed by atoms with Gasteiger partial charge in [0.2, 0.25) is 5.91 Å². The van der Waals surface area contributed by atoms with Gasteiger partial charge in [0.05, 0.1) is 7.11 Å². The van der Waals surface area contributed by atoms with Crippen molar-refractivity contribution in [1.29, 1.82) is 0 Å². The summed E-state index contributed by atoms with van der Waals surface area (Å²) in [5.74, 6) is 0.193. The lowest BCUT2D eigenvalue weighted by Gasteiger charge is -2.32. The molecule has 0 unspecified atom stereocenters. The predicted molar refractivity (Wildman–Crippen MR) is 84.6 cm³/mol. The largest absolute Gasteiger partial charge is 0.453 e. The summed E-state index contributed by atoms with van der Waals surface area (Å²) in [4.78, 5) is 25.3. The second-order valence-electron chi connectivity index (χ2n) is 5.78. The monoisotopic (exact) mass is 304 g/mol. The van der Waals surface area contributed by atoms with Gasteiger partial charge in [0, 0.05) is 25.6 Å². The topological polar surface area (TPSA) is 58.6 Å². The van der Waals surface area contributed by atoms with E-state index < -0.39 is 6.09 Å². The molecular weight excluding hydrogens is 280 g/mol. The molecule has 5 nitrogen and oxygen atoms in total. The molecule has 2 amide bonds. The van der Waals surface area contributed by atoms with Gasteiger partial charge in [0.15, 0.2) is 0 Å². The van der Waals surface area contributed by atoms with Crippen LogP contribution in [0.25, 0.3) is 0 Å². The second kappa shape index (κ2) is 7.82. The molecule has 2 rings (SSSR count). The zero-order chi connectivity index (χ0) is 15.9. The molecule has 5 heteroatoms. The van der Waals surface area contributed by atoms with Crippen LogP contribution in [0.3, 0.4) is 0 Å². The zero-order valence-corrected chi connectivity index (χ0v) is 13.3. The van der Waals surface area contributed by atoms with Gasteiger partial charge in [-0.25, -0.2) is 4.79 Å². The average molecular weight is 304 g/mol. The molecule has 120 valence electrons. The van der Waals surface area contributed by atoms with E-state index in [9.17, 15) is 9.59 Å². The smallest absolute Gasteiger partial charge is 0.407 e. The Morgan fingerprint density at radius 3 is 2.68 bits per heavy atom. The normalized spacial score (nSPS) is 15.5. The molecule has 1 fully saturated rings. The number of carbonyl (C=O) groups is 2. The number of benzene rings is 1. The van der Waals surface area contributed by atoms with E-state index in [0.29, 0.717) is 19.5 Å². The number of alkyl carbamates (subject to hydrolysis) is 1. The van der Waals surface area contributed by atoms with Gasteiger partial charge in [-0.3, -0.25) is 4.79 Å². The summed E-state index contributed by atoms with van der Waals surface area (Å²) in [6, 6.07) is 8.38. The molecule has 1 aliphatic rings. The number of aryl methyl sites for hydroxylation is 2. The zero-order valence-electron chi connectivity index (χ0n) is 13.3. The summed E-state index contributed by atoms with van der Waals surface area (Å²) in [7, 11) is 1.36. The predicted octanol–water partition coefficient (Wildman–Crippen LogP) is 2.27. The van der Waals surface area contributed by atoms with Crippen LogP contribution in [0.5, 0.6) is 0 Å². The molecule has 22 heavy (non-hydrogen) atoms. The number of hydrogen-bond acceptors (Lipinski definition) is 3. The Morgan fingerprint density at radius 1 is 1.32 bits per heavy atom. The van der Waals surface area contributed by atoms with Crippen LogP contribution in [0.2, 0.25) is 0 Å². The molecule has 1 aliphatic heterocycles. The van der Waals surface area contributed by atoms with Crippen LogP contribution in [0.15, 0.2) is 24.3 Å². The van der Waals surface area contributed by atoms with Crippen molar-refractivity contribution in [2.75, 3.05) is 20.2 Å². The van der Waals surface area contributed by atoms with Gasteiger partial charge in [-0.1, -0.05) is 29.8 Å². The fraction of sp³-hybridized carbons (Fsp3) is 0.529. The first-order valence-corrected chi connectivity index (χ1v) is 7.76. The molecule has 1 N–H and O–H groups in total. The van der Waals surface area contributed by atoms with E-state index in [1.54, 1.807) is 0 Å². The van der Waals surface area contributed by atoms with Crippen molar-refractivity contribution in [2.45, 2.75) is 38.6 Å². The Balaban J connectivity index is 1.74. The third kappa shape index (κ3) is 4.76. The first-order valence-electron chi connectivity index (χ1n) is 7.76. The maximum absolute atomic E-state index is 12.3. The molecular formula is C17H24N2O3. The highest BCUT2D eigenvalue weighted by Crippen LogP contribution is 2.13. The summed E-state index contributed by atoms with van der Waals surface area (Å²) >= 11 is 0. The van der Waals surface area contributed by atoms with Crippen LogP contribution < -0.4 is 5.32 Å². The number of nitrogens with one attached hydrogen (secondary N) is 1. The van der Waals surface area contributed by atoms with Crippen LogP contribution in [-0.2, 0) is 16.0 Å². The molecule has 0 saturated carbocycles. The lowest BCUT2D eigenvalue weighted by molar-refractivity contribution is -0.132. The SMILES string of the molecule is COC(=O)NC1CCN(C(=O)CCc2cccc(C)c2)CC1. The van der Waals surface area contributed by atoms with Gasteiger partial charge < -0.3 is 15.0 Å². The number of nitrogens with zero attached hydrogens (tertiary/aromatic N) is 1. The first kappa shape index (κ1) is 16.3. The van der Waals surface area contributed by atoms with Crippen molar-refractivity contribution in [3.05, 3.63) is 35.4 Å². The minimum atomic E-state index is -0.399. The van der Waals surface area contributed by atoms with E-state index >= 15 is 0 Å². The Bertz CT molecular complexity index is 522. The van der Waals surface area contributed by atoms with Gasteiger partial charge in [-0.05, 0) is 31.7 Å². The van der Waals surface area contributed by atoms with Crippen LogP contribution in [0.1, 0.15) is 30.4 Å². The van der Waals surface area contributed by atoms with Crippen LogP contribution in [0.4, 0.5) is 4.79 Å². The van der Waals surface area contributed by atoms with E-state index in [4.69, 9.17) is 0 Å². The minimum Gasteiger partial charge on any atom is -0.453 e. The fourth-order valence-corrected chi connectivity index (χ4v) is 2.78. The highest BCUT2D eigenvalue weighted by Gasteiger charge is 2.23. The Morgan fingerprint density at radius 2 is 2.05 bits per heavy atom. The number of ether oxygens (including phenoxy) is 1. The standard InChI is InChI=1S/C17H24N2O3/c1-13-4-3-5-14(12-13)6-7-16(20)19-10-8-15(9-11-19)18-17(21)22-2/h3-5,12,15H,6-11H2,1-2H3,(H,18,21). The molecule has 0 bridgehead atoms. The Kier molecular flexibility index (Phi) is 5.81. The van der Waals surface area contributed by atoms with Crippen LogP contribution in [-0.4, -0.2) is 43.1 Å². The molecule has 1 heterocycles. The van der Waals surface area contributed by atoms with Crippen molar-refractivity contribution in [2.24, 2.45) is 0 Å². The Hall–Kier alpha value is -2.04. The van der Waals surface area contributed by atoms with Gasteiger partial charge in [0.25, 0.3) is 0 Å². The van der Waals surface area contributed by atoms with Crippen molar-refractivity contribution in [1.82, 2.24) is 10.2 Å². The molecule has 0 aliphatic carbocycles. The van der Waals surface area contributed by atoms with E-state index in [1.807, 2.05) is 11.0 Å². The van der Waals surface area contributed by atoms with Gasteiger partial charge >= 0.3 is 6.09 Å².